The largest absolute Gasteiger partial charge is 0.339 e. The average molecular weight is 238 g/mol. The molecule has 0 amide bonds. The van der Waals surface area contributed by atoms with Crippen molar-refractivity contribution in [3.63, 3.8) is 0 Å². The third-order valence-corrected chi connectivity index (χ3v) is 3.28. The lowest BCUT2D eigenvalue weighted by molar-refractivity contribution is 0.166. The Morgan fingerprint density at radius 2 is 2.35 bits per heavy atom. The molecule has 5 nitrogen and oxygen atoms in total. The SMILES string of the molecule is CC(C)c1nc(CN2CCCC(CN)C2)no1. The van der Waals surface area contributed by atoms with E-state index in [1.807, 2.05) is 0 Å². The molecule has 0 saturated carbocycles. The van der Waals surface area contributed by atoms with E-state index >= 15 is 0 Å². The summed E-state index contributed by atoms with van der Waals surface area (Å²) < 4.78 is 5.21. The second-order valence-corrected chi connectivity index (χ2v) is 5.18. The molecule has 1 atom stereocenters. The Balaban J connectivity index is 1.91. The second-order valence-electron chi connectivity index (χ2n) is 5.18. The molecule has 0 spiro atoms. The zero-order valence-corrected chi connectivity index (χ0v) is 10.7. The molecule has 0 bridgehead atoms. The molecule has 0 radical (unpaired) electrons. The molecule has 1 saturated heterocycles. The molecule has 1 aromatic heterocycles. The first-order valence-electron chi connectivity index (χ1n) is 6.44. The fraction of sp³-hybridized carbons (Fsp3) is 0.833. The Morgan fingerprint density at radius 1 is 1.53 bits per heavy atom. The van der Waals surface area contributed by atoms with Gasteiger partial charge in [-0.15, -0.1) is 0 Å². The van der Waals surface area contributed by atoms with E-state index < -0.39 is 0 Å². The molecule has 5 heteroatoms. The Labute approximate surface area is 102 Å². The molecule has 2 N–H and O–H groups in total. The molecule has 17 heavy (non-hydrogen) atoms. The van der Waals surface area contributed by atoms with Gasteiger partial charge in [-0.3, -0.25) is 4.90 Å². The summed E-state index contributed by atoms with van der Waals surface area (Å²) in [5.74, 6) is 2.45. The summed E-state index contributed by atoms with van der Waals surface area (Å²) in [5.41, 5.74) is 5.73. The van der Waals surface area contributed by atoms with Gasteiger partial charge in [-0.05, 0) is 31.8 Å². The van der Waals surface area contributed by atoms with Gasteiger partial charge in [0.05, 0.1) is 6.54 Å². The molecule has 1 aromatic rings. The highest BCUT2D eigenvalue weighted by atomic mass is 16.5. The molecule has 2 rings (SSSR count). The lowest BCUT2D eigenvalue weighted by Crippen LogP contribution is -2.38. The van der Waals surface area contributed by atoms with Crippen molar-refractivity contribution in [2.24, 2.45) is 11.7 Å². The van der Waals surface area contributed by atoms with Crippen LogP contribution in [-0.2, 0) is 6.54 Å². The molecular weight excluding hydrogens is 216 g/mol. The van der Waals surface area contributed by atoms with Gasteiger partial charge in [-0.25, -0.2) is 0 Å². The molecule has 0 aromatic carbocycles. The van der Waals surface area contributed by atoms with E-state index in [1.54, 1.807) is 0 Å². The van der Waals surface area contributed by atoms with Crippen LogP contribution < -0.4 is 5.73 Å². The lowest BCUT2D eigenvalue weighted by Gasteiger charge is -2.30. The van der Waals surface area contributed by atoms with Gasteiger partial charge < -0.3 is 10.3 Å². The summed E-state index contributed by atoms with van der Waals surface area (Å²) in [6, 6.07) is 0. The minimum atomic E-state index is 0.300. The average Bonchev–Trinajstić information content (AvgIpc) is 2.78. The molecule has 0 aliphatic carbocycles. The number of aromatic nitrogens is 2. The topological polar surface area (TPSA) is 68.2 Å². The van der Waals surface area contributed by atoms with Crippen LogP contribution in [0.2, 0.25) is 0 Å². The zero-order valence-electron chi connectivity index (χ0n) is 10.7. The summed E-state index contributed by atoms with van der Waals surface area (Å²) >= 11 is 0. The summed E-state index contributed by atoms with van der Waals surface area (Å²) in [6.07, 6.45) is 2.47. The monoisotopic (exact) mass is 238 g/mol. The van der Waals surface area contributed by atoms with Crippen molar-refractivity contribution in [3.8, 4) is 0 Å². The highest BCUT2D eigenvalue weighted by molar-refractivity contribution is 4.91. The summed E-state index contributed by atoms with van der Waals surface area (Å²) in [5, 5.41) is 4.02. The van der Waals surface area contributed by atoms with E-state index in [1.165, 1.54) is 12.8 Å². The van der Waals surface area contributed by atoms with Crippen molar-refractivity contribution >= 4 is 0 Å². The first kappa shape index (κ1) is 12.5. The molecule has 96 valence electrons. The summed E-state index contributed by atoms with van der Waals surface area (Å²) in [6.45, 7) is 7.85. The second kappa shape index (κ2) is 5.60. The van der Waals surface area contributed by atoms with Crippen molar-refractivity contribution in [3.05, 3.63) is 11.7 Å². The molecule has 1 aliphatic rings. The first-order valence-corrected chi connectivity index (χ1v) is 6.44. The maximum atomic E-state index is 5.73. The molecule has 2 heterocycles. The third kappa shape index (κ3) is 3.26. The number of hydrogen-bond acceptors (Lipinski definition) is 5. The maximum absolute atomic E-state index is 5.73. The van der Waals surface area contributed by atoms with Crippen LogP contribution >= 0.6 is 0 Å². The molecule has 1 aliphatic heterocycles. The van der Waals surface area contributed by atoms with Crippen LogP contribution in [0.4, 0.5) is 0 Å². The molecular formula is C12H22N4O. The number of rotatable bonds is 4. The normalized spacial score (nSPS) is 22.2. The van der Waals surface area contributed by atoms with Gasteiger partial charge in [0.2, 0.25) is 5.89 Å². The van der Waals surface area contributed by atoms with E-state index in [9.17, 15) is 0 Å². The smallest absolute Gasteiger partial charge is 0.229 e. The number of nitrogens with zero attached hydrogens (tertiary/aromatic N) is 3. The van der Waals surface area contributed by atoms with Gasteiger partial charge in [-0.2, -0.15) is 4.98 Å². The number of likely N-dealkylation sites (tertiary alicyclic amines) is 1. The fourth-order valence-corrected chi connectivity index (χ4v) is 2.25. The standard InChI is InChI=1S/C12H22N4O/c1-9(2)12-14-11(15-17-12)8-16-5-3-4-10(6-13)7-16/h9-10H,3-8,13H2,1-2H3. The van der Waals surface area contributed by atoms with E-state index in [-0.39, 0.29) is 0 Å². The van der Waals surface area contributed by atoms with E-state index in [0.29, 0.717) is 11.8 Å². The highest BCUT2D eigenvalue weighted by Gasteiger charge is 2.20. The van der Waals surface area contributed by atoms with Crippen molar-refractivity contribution in [2.75, 3.05) is 19.6 Å². The van der Waals surface area contributed by atoms with E-state index in [2.05, 4.69) is 28.9 Å². The van der Waals surface area contributed by atoms with Crippen molar-refractivity contribution in [1.29, 1.82) is 0 Å². The van der Waals surface area contributed by atoms with Crippen molar-refractivity contribution in [2.45, 2.75) is 39.2 Å². The van der Waals surface area contributed by atoms with Crippen LogP contribution in [0.5, 0.6) is 0 Å². The van der Waals surface area contributed by atoms with Crippen LogP contribution in [0, 0.1) is 5.92 Å². The number of hydrogen-bond donors (Lipinski definition) is 1. The highest BCUT2D eigenvalue weighted by Crippen LogP contribution is 2.17. The minimum absolute atomic E-state index is 0.300. The Hall–Kier alpha value is -0.940. The molecule has 1 unspecified atom stereocenters. The van der Waals surface area contributed by atoms with Gasteiger partial charge in [-0.1, -0.05) is 19.0 Å². The van der Waals surface area contributed by atoms with Crippen LogP contribution in [0.1, 0.15) is 44.3 Å². The van der Waals surface area contributed by atoms with Crippen molar-refractivity contribution < 1.29 is 4.52 Å². The first-order chi connectivity index (χ1) is 8.19. The Kier molecular flexibility index (Phi) is 4.12. The fourth-order valence-electron chi connectivity index (χ4n) is 2.25. The van der Waals surface area contributed by atoms with E-state index in [4.69, 9.17) is 10.3 Å². The van der Waals surface area contributed by atoms with Crippen molar-refractivity contribution in [1.82, 2.24) is 15.0 Å². The number of nitrogens with two attached hydrogens (primary N) is 1. The summed E-state index contributed by atoms with van der Waals surface area (Å²) in [7, 11) is 0. The third-order valence-electron chi connectivity index (χ3n) is 3.28. The van der Waals surface area contributed by atoms with Crippen LogP contribution in [0.25, 0.3) is 0 Å². The predicted octanol–water partition coefficient (Wildman–Crippen LogP) is 1.36. The van der Waals surface area contributed by atoms with Gasteiger partial charge in [0.15, 0.2) is 5.82 Å². The van der Waals surface area contributed by atoms with Crippen LogP contribution in [0.15, 0.2) is 4.52 Å². The minimum Gasteiger partial charge on any atom is -0.339 e. The van der Waals surface area contributed by atoms with E-state index in [0.717, 1.165) is 37.9 Å². The molecule has 1 fully saturated rings. The Morgan fingerprint density at radius 3 is 3.00 bits per heavy atom. The van der Waals surface area contributed by atoms with Crippen LogP contribution in [0.3, 0.4) is 0 Å². The lowest BCUT2D eigenvalue weighted by atomic mass is 9.98. The maximum Gasteiger partial charge on any atom is 0.229 e. The number of piperidine rings is 1. The van der Waals surface area contributed by atoms with Crippen LogP contribution in [-0.4, -0.2) is 34.7 Å². The predicted molar refractivity (Wildman–Crippen MR) is 65.4 cm³/mol. The van der Waals surface area contributed by atoms with Gasteiger partial charge >= 0.3 is 0 Å². The Bertz CT molecular complexity index is 350. The quantitative estimate of drug-likeness (QED) is 0.858. The van der Waals surface area contributed by atoms with Gasteiger partial charge in [0.1, 0.15) is 0 Å². The van der Waals surface area contributed by atoms with Gasteiger partial charge in [0.25, 0.3) is 0 Å². The van der Waals surface area contributed by atoms with Gasteiger partial charge in [0, 0.05) is 12.5 Å². The zero-order chi connectivity index (χ0) is 12.3. The summed E-state index contributed by atoms with van der Waals surface area (Å²) in [4.78, 5) is 6.78.